The summed E-state index contributed by atoms with van der Waals surface area (Å²) in [7, 11) is 0. The average molecular weight is 267 g/mol. The molecule has 2 aromatic carbocycles. The lowest BCUT2D eigenvalue weighted by Crippen LogP contribution is -1.89. The molecule has 0 spiro atoms. The van der Waals surface area contributed by atoms with E-state index in [0.717, 1.165) is 11.1 Å². The van der Waals surface area contributed by atoms with Crippen molar-refractivity contribution in [1.29, 1.82) is 0 Å². The summed E-state index contributed by atoms with van der Waals surface area (Å²) in [4.78, 5) is 0.504. The van der Waals surface area contributed by atoms with Crippen LogP contribution in [0.1, 0.15) is 5.56 Å². The molecule has 2 rings (SSSR count). The summed E-state index contributed by atoms with van der Waals surface area (Å²) in [5.41, 5.74) is 2.63. The molecule has 0 atom stereocenters. The van der Waals surface area contributed by atoms with Crippen molar-refractivity contribution >= 4 is 23.4 Å². The van der Waals surface area contributed by atoms with Gasteiger partial charge in [-0.3, -0.25) is 0 Å². The summed E-state index contributed by atoms with van der Waals surface area (Å²) in [5, 5.41) is 0.464. The summed E-state index contributed by atoms with van der Waals surface area (Å²) in [5.74, 6) is -0.242. The van der Waals surface area contributed by atoms with E-state index in [4.69, 9.17) is 11.6 Å². The van der Waals surface area contributed by atoms with E-state index >= 15 is 0 Å². The van der Waals surface area contributed by atoms with Crippen LogP contribution in [-0.2, 0) is 0 Å². The van der Waals surface area contributed by atoms with Crippen LogP contribution in [0.4, 0.5) is 4.39 Å². The summed E-state index contributed by atoms with van der Waals surface area (Å²) < 4.78 is 14.2. The average Bonchev–Trinajstić information content (AvgIpc) is 2.31. The minimum atomic E-state index is -0.242. The molecule has 0 unspecified atom stereocenters. The topological polar surface area (TPSA) is 0 Å². The van der Waals surface area contributed by atoms with Crippen molar-refractivity contribution in [2.45, 2.75) is 11.8 Å². The van der Waals surface area contributed by atoms with Gasteiger partial charge in [-0.1, -0.05) is 41.4 Å². The maximum absolute atomic E-state index is 14.2. The molecular weight excluding hydrogens is 255 g/mol. The van der Waals surface area contributed by atoms with Crippen molar-refractivity contribution in [2.24, 2.45) is 0 Å². The molecule has 0 nitrogen and oxygen atoms in total. The molecule has 0 N–H and O–H groups in total. The highest BCUT2D eigenvalue weighted by atomic mass is 35.5. The van der Waals surface area contributed by atoms with Gasteiger partial charge in [0.15, 0.2) is 0 Å². The van der Waals surface area contributed by atoms with Gasteiger partial charge in [-0.05, 0) is 30.9 Å². The maximum atomic E-state index is 14.2. The van der Waals surface area contributed by atoms with Gasteiger partial charge in [0.1, 0.15) is 5.82 Å². The largest absolute Gasteiger partial charge is 0.205 e. The van der Waals surface area contributed by atoms with Gasteiger partial charge in [0.25, 0.3) is 0 Å². The van der Waals surface area contributed by atoms with Gasteiger partial charge in [-0.2, -0.15) is 0 Å². The van der Waals surface area contributed by atoms with Crippen LogP contribution >= 0.6 is 23.4 Å². The smallest absolute Gasteiger partial charge is 0.146 e. The molecule has 0 saturated heterocycles. The third-order valence-corrected chi connectivity index (χ3v) is 3.85. The summed E-state index contributed by atoms with van der Waals surface area (Å²) in [6, 6.07) is 11.3. The van der Waals surface area contributed by atoms with E-state index in [0.29, 0.717) is 15.5 Å². The fourth-order valence-electron chi connectivity index (χ4n) is 1.68. The molecule has 88 valence electrons. The van der Waals surface area contributed by atoms with Gasteiger partial charge in [0.05, 0.1) is 9.92 Å². The second kappa shape index (κ2) is 5.11. The van der Waals surface area contributed by atoms with Crippen LogP contribution in [0.25, 0.3) is 11.1 Å². The summed E-state index contributed by atoms with van der Waals surface area (Å²) in [6.45, 7) is 2.01. The van der Waals surface area contributed by atoms with Gasteiger partial charge in [-0.25, -0.2) is 4.39 Å². The molecule has 0 heterocycles. The lowest BCUT2D eigenvalue weighted by atomic mass is 10.0. The third kappa shape index (κ3) is 2.48. The lowest BCUT2D eigenvalue weighted by Gasteiger charge is -2.09. The molecule has 0 aliphatic rings. The molecule has 0 amide bonds. The molecule has 0 aliphatic carbocycles. The molecule has 17 heavy (non-hydrogen) atoms. The number of benzene rings is 2. The van der Waals surface area contributed by atoms with Crippen LogP contribution < -0.4 is 0 Å². The highest BCUT2D eigenvalue weighted by molar-refractivity contribution is 7.98. The predicted octanol–water partition coefficient (Wildman–Crippen LogP) is 5.18. The SMILES string of the molecule is CSc1c(Cl)ccc(-c2ccc(C)cc2)c1F. The van der Waals surface area contributed by atoms with E-state index in [1.54, 1.807) is 12.1 Å². The second-order valence-electron chi connectivity index (χ2n) is 3.81. The van der Waals surface area contributed by atoms with E-state index in [1.165, 1.54) is 11.8 Å². The zero-order valence-electron chi connectivity index (χ0n) is 9.63. The molecule has 0 aliphatic heterocycles. The Morgan fingerprint density at radius 1 is 1.06 bits per heavy atom. The van der Waals surface area contributed by atoms with Crippen LogP contribution in [0.5, 0.6) is 0 Å². The highest BCUT2D eigenvalue weighted by Gasteiger charge is 2.12. The monoisotopic (exact) mass is 266 g/mol. The molecule has 3 heteroatoms. The Bertz CT molecular complexity index is 535. The number of halogens is 2. The van der Waals surface area contributed by atoms with Crippen molar-refractivity contribution in [1.82, 2.24) is 0 Å². The minimum absolute atomic E-state index is 0.242. The Hall–Kier alpha value is -0.990. The summed E-state index contributed by atoms with van der Waals surface area (Å²) in [6.07, 6.45) is 1.82. The van der Waals surface area contributed by atoms with E-state index in [1.807, 2.05) is 37.4 Å². The highest BCUT2D eigenvalue weighted by Crippen LogP contribution is 2.34. The minimum Gasteiger partial charge on any atom is -0.205 e. The number of aryl methyl sites for hydroxylation is 1. The molecule has 0 fully saturated rings. The Kier molecular flexibility index (Phi) is 3.75. The quantitative estimate of drug-likeness (QED) is 0.675. The van der Waals surface area contributed by atoms with Gasteiger partial charge in [0.2, 0.25) is 0 Å². The number of hydrogen-bond donors (Lipinski definition) is 0. The Morgan fingerprint density at radius 2 is 1.71 bits per heavy atom. The fourth-order valence-corrected chi connectivity index (χ4v) is 2.61. The number of thioether (sulfide) groups is 1. The van der Waals surface area contributed by atoms with Gasteiger partial charge in [0, 0.05) is 5.56 Å². The van der Waals surface area contributed by atoms with Crippen LogP contribution in [0.2, 0.25) is 5.02 Å². The first kappa shape index (κ1) is 12.5. The standard InChI is InChI=1S/C14H12ClFS/c1-9-3-5-10(6-4-9)11-7-8-12(15)14(17-2)13(11)16/h3-8H,1-2H3. The number of rotatable bonds is 2. The van der Waals surface area contributed by atoms with Gasteiger partial charge in [-0.15, -0.1) is 11.8 Å². The first-order valence-electron chi connectivity index (χ1n) is 5.22. The third-order valence-electron chi connectivity index (χ3n) is 2.62. The molecular formula is C14H12ClFS. The first-order valence-corrected chi connectivity index (χ1v) is 6.83. The lowest BCUT2D eigenvalue weighted by molar-refractivity contribution is 0.606. The zero-order chi connectivity index (χ0) is 12.4. The zero-order valence-corrected chi connectivity index (χ0v) is 11.2. The molecule has 0 radical (unpaired) electrons. The van der Waals surface area contributed by atoms with Crippen molar-refractivity contribution in [2.75, 3.05) is 6.26 Å². The van der Waals surface area contributed by atoms with Crippen LogP contribution in [0, 0.1) is 12.7 Å². The number of hydrogen-bond acceptors (Lipinski definition) is 1. The molecule has 2 aromatic rings. The molecule has 0 aromatic heterocycles. The van der Waals surface area contributed by atoms with Crippen LogP contribution in [0.15, 0.2) is 41.3 Å². The van der Waals surface area contributed by atoms with Crippen molar-refractivity contribution in [3.05, 3.63) is 52.8 Å². The van der Waals surface area contributed by atoms with E-state index in [-0.39, 0.29) is 5.82 Å². The van der Waals surface area contributed by atoms with Crippen LogP contribution in [-0.4, -0.2) is 6.26 Å². The predicted molar refractivity (Wildman–Crippen MR) is 73.4 cm³/mol. The molecule has 0 saturated carbocycles. The Labute approximate surface area is 110 Å². The van der Waals surface area contributed by atoms with Crippen LogP contribution in [0.3, 0.4) is 0 Å². The normalized spacial score (nSPS) is 10.6. The fraction of sp³-hybridized carbons (Fsp3) is 0.143. The van der Waals surface area contributed by atoms with Gasteiger partial charge < -0.3 is 0 Å². The van der Waals surface area contributed by atoms with Gasteiger partial charge >= 0.3 is 0 Å². The van der Waals surface area contributed by atoms with E-state index in [2.05, 4.69) is 0 Å². The maximum Gasteiger partial charge on any atom is 0.146 e. The van der Waals surface area contributed by atoms with E-state index < -0.39 is 0 Å². The second-order valence-corrected chi connectivity index (χ2v) is 5.03. The van der Waals surface area contributed by atoms with Crippen molar-refractivity contribution in [3.63, 3.8) is 0 Å². The van der Waals surface area contributed by atoms with Crippen molar-refractivity contribution in [3.8, 4) is 11.1 Å². The van der Waals surface area contributed by atoms with Crippen molar-refractivity contribution < 1.29 is 4.39 Å². The first-order chi connectivity index (χ1) is 8.13. The molecule has 0 bridgehead atoms. The Balaban J connectivity index is 2.56. The Morgan fingerprint density at radius 3 is 2.29 bits per heavy atom. The van der Waals surface area contributed by atoms with E-state index in [9.17, 15) is 4.39 Å². The summed E-state index contributed by atoms with van der Waals surface area (Å²) >= 11 is 7.28.